The van der Waals surface area contributed by atoms with E-state index in [9.17, 15) is 19.2 Å². The zero-order chi connectivity index (χ0) is 43.6. The maximum Gasteiger partial charge on any atom is 0.319 e. The number of anilines is 2. The number of likely N-dealkylation sites (tertiary alicyclic amines) is 1. The van der Waals surface area contributed by atoms with Crippen LogP contribution >= 0.6 is 0 Å². The van der Waals surface area contributed by atoms with Gasteiger partial charge in [0, 0.05) is 61.5 Å². The standard InChI is InChI=1S/C26H37N3O2.C26H35N3O2/c2*1-25-15-13-20-18(9-12-22-26(20,2)16-14-23(30)29(22)3)19(25)10-11-21(25)28-24(31)27-17-7-5-4-6-8-17/h4-8,18-22H,9-16H2,1-3H3,(H2,27,28,31);4-8,14,16,18-22H,9-13,15H2,1-3H3,(H2,27,28,31)/t2*18-,19-,20-,21?,22+,25-,26+/m00/s1. The Morgan fingerprint density at radius 2 is 1.03 bits per heavy atom. The van der Waals surface area contributed by atoms with Crippen LogP contribution in [-0.2, 0) is 9.59 Å². The molecule has 1 saturated heterocycles. The quantitative estimate of drug-likeness (QED) is 0.245. The maximum atomic E-state index is 12.7. The van der Waals surface area contributed by atoms with Crippen LogP contribution in [0, 0.1) is 57.2 Å². The summed E-state index contributed by atoms with van der Waals surface area (Å²) in [6, 6.07) is 20.4. The summed E-state index contributed by atoms with van der Waals surface area (Å²) in [5.41, 5.74) is 2.32. The third kappa shape index (κ3) is 7.23. The number of nitrogens with one attached hydrogen (secondary N) is 4. The number of benzene rings is 2. The molecular weight excluding hydrogens is 773 g/mol. The number of piperidine rings is 1. The van der Waals surface area contributed by atoms with Crippen molar-refractivity contribution >= 4 is 35.3 Å². The lowest BCUT2D eigenvalue weighted by Gasteiger charge is -2.61. The number of carbonyl (C=O) groups is 4. The number of para-hydroxylation sites is 2. The van der Waals surface area contributed by atoms with Crippen molar-refractivity contribution < 1.29 is 19.2 Å². The topological polar surface area (TPSA) is 123 Å². The Balaban J connectivity index is 0.000000158. The van der Waals surface area contributed by atoms with Gasteiger partial charge in [-0.2, -0.15) is 0 Å². The molecule has 0 spiro atoms. The molecule has 10 rings (SSSR count). The molecule has 0 radical (unpaired) electrons. The second kappa shape index (κ2) is 16.3. The molecule has 334 valence electrons. The molecule has 6 aliphatic carbocycles. The van der Waals surface area contributed by atoms with E-state index in [1.807, 2.05) is 79.7 Å². The van der Waals surface area contributed by atoms with Crippen molar-refractivity contribution in [3.63, 3.8) is 0 Å². The van der Waals surface area contributed by atoms with Gasteiger partial charge in [-0.3, -0.25) is 9.59 Å². The highest BCUT2D eigenvalue weighted by Gasteiger charge is 2.62. The maximum absolute atomic E-state index is 12.7. The summed E-state index contributed by atoms with van der Waals surface area (Å²) in [5, 5.41) is 12.7. The minimum absolute atomic E-state index is 0.0725. The number of fused-ring (bicyclic) bond motifs is 10. The lowest BCUT2D eigenvalue weighted by molar-refractivity contribution is -0.157. The molecule has 0 bridgehead atoms. The monoisotopic (exact) mass is 845 g/mol. The number of likely N-dealkylation sites (N-methyl/N-ethyl adjacent to an activating group) is 1. The molecule has 6 amide bonds. The van der Waals surface area contributed by atoms with Gasteiger partial charge in [-0.25, -0.2) is 9.59 Å². The van der Waals surface area contributed by atoms with Gasteiger partial charge in [-0.1, -0.05) is 70.2 Å². The third-order valence-corrected chi connectivity index (χ3v) is 19.4. The SMILES string of the molecule is CN1C(=O)C=C[C@]2(C)[C@H]3CC[C@]4(C)C(NC(=O)Nc5ccccc5)CC[C@H]4[C@@H]3CC[C@@H]12.CN1C(=O)CC[C@]2(C)[C@H]3CC[C@]4(C)C(NC(=O)Nc5ccccc5)CC[C@H]4[C@@H]3CC[C@@H]12. The highest BCUT2D eigenvalue weighted by molar-refractivity contribution is 5.90. The first kappa shape index (κ1) is 42.9. The zero-order valence-corrected chi connectivity index (χ0v) is 38.1. The van der Waals surface area contributed by atoms with Crippen LogP contribution in [0.2, 0.25) is 0 Å². The van der Waals surface area contributed by atoms with Crippen molar-refractivity contribution in [3.8, 4) is 0 Å². The third-order valence-electron chi connectivity index (χ3n) is 19.4. The second-order valence-electron chi connectivity index (χ2n) is 21.9. The zero-order valence-electron chi connectivity index (χ0n) is 38.1. The van der Waals surface area contributed by atoms with Crippen molar-refractivity contribution in [3.05, 3.63) is 72.8 Å². The van der Waals surface area contributed by atoms with E-state index in [0.717, 1.165) is 55.8 Å². The van der Waals surface area contributed by atoms with E-state index in [2.05, 4.69) is 59.9 Å². The molecule has 4 N–H and O–H groups in total. The average Bonchev–Trinajstić information content (AvgIpc) is 3.77. The van der Waals surface area contributed by atoms with Crippen molar-refractivity contribution in [1.29, 1.82) is 0 Å². The smallest absolute Gasteiger partial charge is 0.319 e. The van der Waals surface area contributed by atoms with E-state index in [1.54, 1.807) is 6.08 Å². The summed E-state index contributed by atoms with van der Waals surface area (Å²) >= 11 is 0. The van der Waals surface area contributed by atoms with E-state index in [-0.39, 0.29) is 51.7 Å². The average molecular weight is 845 g/mol. The fraction of sp³-hybridized carbons (Fsp3) is 0.654. The fourth-order valence-electron chi connectivity index (χ4n) is 16.1. The predicted octanol–water partition coefficient (Wildman–Crippen LogP) is 9.86. The van der Waals surface area contributed by atoms with Crippen LogP contribution in [0.5, 0.6) is 0 Å². The Kier molecular flexibility index (Phi) is 11.3. The number of hydrogen-bond acceptors (Lipinski definition) is 4. The summed E-state index contributed by atoms with van der Waals surface area (Å²) in [5.74, 6) is 4.52. The van der Waals surface area contributed by atoms with Crippen LogP contribution in [0.1, 0.15) is 118 Å². The van der Waals surface area contributed by atoms with Crippen LogP contribution in [0.25, 0.3) is 0 Å². The fourth-order valence-corrected chi connectivity index (χ4v) is 16.1. The highest BCUT2D eigenvalue weighted by Crippen LogP contribution is 2.66. The number of hydrogen-bond donors (Lipinski definition) is 4. The molecule has 2 heterocycles. The molecule has 2 unspecified atom stereocenters. The summed E-state index contributed by atoms with van der Waals surface area (Å²) < 4.78 is 0. The lowest BCUT2D eigenvalue weighted by Crippen LogP contribution is -2.62. The second-order valence-corrected chi connectivity index (χ2v) is 21.9. The summed E-state index contributed by atoms with van der Waals surface area (Å²) in [6.45, 7) is 9.70. The molecule has 62 heavy (non-hydrogen) atoms. The summed E-state index contributed by atoms with van der Waals surface area (Å²) in [7, 11) is 4.00. The number of amides is 6. The van der Waals surface area contributed by atoms with Crippen molar-refractivity contribution in [2.75, 3.05) is 24.7 Å². The largest absolute Gasteiger partial charge is 0.342 e. The van der Waals surface area contributed by atoms with Crippen molar-refractivity contribution in [2.45, 2.75) is 142 Å². The van der Waals surface area contributed by atoms with Gasteiger partial charge in [0.25, 0.3) is 0 Å². The minimum atomic E-state index is -0.0915. The highest BCUT2D eigenvalue weighted by atomic mass is 16.2. The number of urea groups is 2. The summed E-state index contributed by atoms with van der Waals surface area (Å²) in [4.78, 5) is 54.1. The van der Waals surface area contributed by atoms with Gasteiger partial charge in [-0.15, -0.1) is 0 Å². The van der Waals surface area contributed by atoms with E-state index < -0.39 is 0 Å². The van der Waals surface area contributed by atoms with Gasteiger partial charge < -0.3 is 31.1 Å². The molecule has 8 aliphatic rings. The van der Waals surface area contributed by atoms with Gasteiger partial charge in [0.2, 0.25) is 11.8 Å². The van der Waals surface area contributed by atoms with E-state index in [4.69, 9.17) is 0 Å². The van der Waals surface area contributed by atoms with Crippen molar-refractivity contribution in [1.82, 2.24) is 20.4 Å². The van der Waals surface area contributed by atoms with Gasteiger partial charge in [0.1, 0.15) is 0 Å². The predicted molar refractivity (Wildman–Crippen MR) is 245 cm³/mol. The van der Waals surface area contributed by atoms with E-state index in [0.29, 0.717) is 54.0 Å². The molecular formula is C52H72N6O4. The Bertz CT molecular complexity index is 2050. The Hall–Kier alpha value is -4.34. The normalized spacial score (nSPS) is 41.5. The first-order valence-electron chi connectivity index (χ1n) is 24.1. The lowest BCUT2D eigenvalue weighted by atomic mass is 9.47. The molecule has 7 fully saturated rings. The summed E-state index contributed by atoms with van der Waals surface area (Å²) in [6.07, 6.45) is 19.7. The van der Waals surface area contributed by atoms with Crippen LogP contribution in [-0.4, -0.2) is 71.9 Å². The van der Waals surface area contributed by atoms with Crippen molar-refractivity contribution in [2.24, 2.45) is 57.2 Å². The van der Waals surface area contributed by atoms with Crippen LogP contribution in [0.15, 0.2) is 72.8 Å². The van der Waals surface area contributed by atoms with Gasteiger partial charge in [0.05, 0.1) is 0 Å². The Morgan fingerprint density at radius 1 is 0.548 bits per heavy atom. The first-order valence-corrected chi connectivity index (χ1v) is 24.1. The Labute approximate surface area is 370 Å². The molecule has 2 aromatic rings. The van der Waals surface area contributed by atoms with E-state index >= 15 is 0 Å². The molecule has 10 heteroatoms. The van der Waals surface area contributed by atoms with Gasteiger partial charge in [0.15, 0.2) is 0 Å². The van der Waals surface area contributed by atoms with Crippen LogP contribution in [0.4, 0.5) is 21.0 Å². The molecule has 2 aromatic carbocycles. The number of carbonyl (C=O) groups excluding carboxylic acids is 4. The minimum Gasteiger partial charge on any atom is -0.342 e. The van der Waals surface area contributed by atoms with Gasteiger partial charge in [-0.05, 0) is 166 Å². The number of rotatable bonds is 4. The number of nitrogens with zero attached hydrogens (tertiary/aromatic N) is 2. The Morgan fingerprint density at radius 3 is 1.58 bits per heavy atom. The molecule has 0 aromatic heterocycles. The van der Waals surface area contributed by atoms with Crippen LogP contribution in [0.3, 0.4) is 0 Å². The van der Waals surface area contributed by atoms with E-state index in [1.165, 1.54) is 44.9 Å². The molecule has 6 saturated carbocycles. The molecule has 14 atom stereocenters. The molecule has 10 nitrogen and oxygen atoms in total. The molecule has 2 aliphatic heterocycles. The first-order chi connectivity index (χ1) is 29.7. The van der Waals surface area contributed by atoms with Crippen LogP contribution < -0.4 is 21.3 Å². The van der Waals surface area contributed by atoms with Gasteiger partial charge >= 0.3 is 12.1 Å².